The summed E-state index contributed by atoms with van der Waals surface area (Å²) in [6.45, 7) is 2.65. The van der Waals surface area contributed by atoms with Gasteiger partial charge in [-0.1, -0.05) is 18.5 Å². The number of rotatable bonds is 3. The highest BCUT2D eigenvalue weighted by molar-refractivity contribution is 7.16. The Morgan fingerprint density at radius 2 is 2.25 bits per heavy atom. The largest absolute Gasteiger partial charge is 0.330 e. The molecule has 0 aromatic carbocycles. The Balaban J connectivity index is 2.70. The molecule has 0 amide bonds. The minimum absolute atomic E-state index is 0.0208. The van der Waals surface area contributed by atoms with Gasteiger partial charge in [-0.25, -0.2) is 0 Å². The van der Waals surface area contributed by atoms with Gasteiger partial charge in [0.1, 0.15) is 0 Å². The van der Waals surface area contributed by atoms with Crippen LogP contribution in [0.15, 0.2) is 12.1 Å². The van der Waals surface area contributed by atoms with Crippen LogP contribution in [-0.2, 0) is 0 Å². The number of hydrogen-bond acceptors (Lipinski definition) is 3. The highest BCUT2D eigenvalue weighted by Crippen LogP contribution is 2.28. The van der Waals surface area contributed by atoms with Gasteiger partial charge >= 0.3 is 0 Å². The van der Waals surface area contributed by atoms with E-state index in [9.17, 15) is 0 Å². The number of halogens is 1. The smallest absolute Gasteiger partial charge is 0.0931 e. The molecule has 0 aliphatic rings. The molecule has 2 atom stereocenters. The molecular weight excluding hydrogens is 192 g/mol. The van der Waals surface area contributed by atoms with E-state index in [1.807, 2.05) is 19.1 Å². The molecule has 0 fully saturated rings. The molecule has 0 aliphatic carbocycles. The van der Waals surface area contributed by atoms with Crippen molar-refractivity contribution >= 4 is 22.9 Å². The Morgan fingerprint density at radius 1 is 1.58 bits per heavy atom. The van der Waals surface area contributed by atoms with E-state index in [0.717, 1.165) is 9.21 Å². The number of thiophene rings is 1. The van der Waals surface area contributed by atoms with Crippen molar-refractivity contribution in [2.75, 3.05) is 6.54 Å². The molecule has 0 bridgehead atoms. The summed E-state index contributed by atoms with van der Waals surface area (Å²) in [5, 5.41) is 0. The second kappa shape index (κ2) is 4.23. The van der Waals surface area contributed by atoms with Crippen LogP contribution in [0.1, 0.15) is 17.8 Å². The van der Waals surface area contributed by atoms with Crippen LogP contribution in [0.4, 0.5) is 0 Å². The summed E-state index contributed by atoms with van der Waals surface area (Å²) < 4.78 is 0.782. The Hall–Kier alpha value is -0.0900. The normalized spacial score (nSPS) is 16.0. The topological polar surface area (TPSA) is 52.0 Å². The first kappa shape index (κ1) is 9.99. The molecule has 2 unspecified atom stereocenters. The number of hydrogen-bond donors (Lipinski definition) is 2. The summed E-state index contributed by atoms with van der Waals surface area (Å²) in [6, 6.07) is 3.85. The molecule has 0 saturated heterocycles. The first-order valence-electron chi connectivity index (χ1n) is 3.86. The molecule has 4 heteroatoms. The molecule has 1 aromatic rings. The zero-order chi connectivity index (χ0) is 9.14. The monoisotopic (exact) mass is 204 g/mol. The van der Waals surface area contributed by atoms with Crippen molar-refractivity contribution in [1.82, 2.24) is 0 Å². The van der Waals surface area contributed by atoms with Gasteiger partial charge < -0.3 is 11.5 Å². The fraction of sp³-hybridized carbons (Fsp3) is 0.500. The fourth-order valence-electron chi connectivity index (χ4n) is 0.934. The second-order valence-corrected chi connectivity index (χ2v) is 4.63. The van der Waals surface area contributed by atoms with Crippen molar-refractivity contribution < 1.29 is 0 Å². The van der Waals surface area contributed by atoms with Gasteiger partial charge in [-0.15, -0.1) is 11.3 Å². The van der Waals surface area contributed by atoms with Crippen LogP contribution in [0.2, 0.25) is 4.34 Å². The van der Waals surface area contributed by atoms with Crippen molar-refractivity contribution in [3.8, 4) is 0 Å². The maximum absolute atomic E-state index is 5.93. The average Bonchev–Trinajstić information content (AvgIpc) is 2.49. The maximum atomic E-state index is 5.93. The van der Waals surface area contributed by atoms with Crippen molar-refractivity contribution in [3.63, 3.8) is 0 Å². The van der Waals surface area contributed by atoms with Gasteiger partial charge in [0.05, 0.1) is 4.34 Å². The summed E-state index contributed by atoms with van der Waals surface area (Å²) in [5.41, 5.74) is 11.4. The first-order chi connectivity index (χ1) is 5.65. The zero-order valence-electron chi connectivity index (χ0n) is 6.96. The van der Waals surface area contributed by atoms with Crippen molar-refractivity contribution in [2.24, 2.45) is 17.4 Å². The third-order valence-corrected chi connectivity index (χ3v) is 3.24. The first-order valence-corrected chi connectivity index (χ1v) is 5.05. The molecule has 68 valence electrons. The summed E-state index contributed by atoms with van der Waals surface area (Å²) in [5.74, 6) is 0.305. The molecule has 1 heterocycles. The molecule has 0 aliphatic heterocycles. The predicted molar refractivity (Wildman–Crippen MR) is 54.5 cm³/mol. The summed E-state index contributed by atoms with van der Waals surface area (Å²) in [4.78, 5) is 1.11. The predicted octanol–water partition coefficient (Wildman–Crippen LogP) is 2.00. The van der Waals surface area contributed by atoms with Gasteiger partial charge in [-0.2, -0.15) is 0 Å². The van der Waals surface area contributed by atoms with Crippen molar-refractivity contribution in [1.29, 1.82) is 0 Å². The maximum Gasteiger partial charge on any atom is 0.0931 e. The van der Waals surface area contributed by atoms with Crippen LogP contribution in [0.3, 0.4) is 0 Å². The molecule has 12 heavy (non-hydrogen) atoms. The van der Waals surface area contributed by atoms with Crippen LogP contribution >= 0.6 is 22.9 Å². The lowest BCUT2D eigenvalue weighted by Gasteiger charge is -2.15. The van der Waals surface area contributed by atoms with E-state index in [0.29, 0.717) is 12.5 Å². The lowest BCUT2D eigenvalue weighted by molar-refractivity contribution is 0.487. The third-order valence-electron chi connectivity index (χ3n) is 1.91. The molecule has 4 N–H and O–H groups in total. The van der Waals surface area contributed by atoms with Crippen LogP contribution in [0.5, 0.6) is 0 Å². The Kier molecular flexibility index (Phi) is 3.53. The van der Waals surface area contributed by atoms with E-state index in [-0.39, 0.29) is 6.04 Å². The molecule has 0 spiro atoms. The Bertz CT molecular complexity index is 249. The lowest BCUT2D eigenvalue weighted by Crippen LogP contribution is -2.24. The van der Waals surface area contributed by atoms with Gasteiger partial charge in [-0.05, 0) is 24.6 Å². The van der Waals surface area contributed by atoms with Gasteiger partial charge in [-0.3, -0.25) is 0 Å². The van der Waals surface area contributed by atoms with Crippen molar-refractivity contribution in [3.05, 3.63) is 21.3 Å². The van der Waals surface area contributed by atoms with Gasteiger partial charge in [0.2, 0.25) is 0 Å². The summed E-state index contributed by atoms with van der Waals surface area (Å²) >= 11 is 7.31. The standard InChI is InChI=1S/C8H13ClN2S/c1-5(4-10)8(11)6-2-3-7(9)12-6/h2-3,5,8H,4,10-11H2,1H3. The second-order valence-electron chi connectivity index (χ2n) is 2.88. The fourth-order valence-corrected chi connectivity index (χ4v) is 2.13. The lowest BCUT2D eigenvalue weighted by atomic mass is 10.0. The SMILES string of the molecule is CC(CN)C(N)c1ccc(Cl)s1. The number of nitrogens with two attached hydrogens (primary N) is 2. The van der Waals surface area contributed by atoms with Gasteiger partial charge in [0.25, 0.3) is 0 Å². The minimum Gasteiger partial charge on any atom is -0.330 e. The quantitative estimate of drug-likeness (QED) is 0.792. The average molecular weight is 205 g/mol. The van der Waals surface area contributed by atoms with E-state index in [2.05, 4.69) is 0 Å². The van der Waals surface area contributed by atoms with E-state index < -0.39 is 0 Å². The Labute approximate surface area is 81.5 Å². The molecule has 1 rings (SSSR count). The van der Waals surface area contributed by atoms with E-state index in [4.69, 9.17) is 23.1 Å². The third kappa shape index (κ3) is 2.20. The van der Waals surface area contributed by atoms with Crippen LogP contribution in [0.25, 0.3) is 0 Å². The van der Waals surface area contributed by atoms with Crippen LogP contribution in [0, 0.1) is 5.92 Å². The molecule has 0 radical (unpaired) electrons. The highest BCUT2D eigenvalue weighted by atomic mass is 35.5. The summed E-state index contributed by atoms with van der Waals surface area (Å²) in [6.07, 6.45) is 0. The van der Waals surface area contributed by atoms with Crippen molar-refractivity contribution in [2.45, 2.75) is 13.0 Å². The molecule has 1 aromatic heterocycles. The van der Waals surface area contributed by atoms with E-state index in [1.54, 1.807) is 0 Å². The van der Waals surface area contributed by atoms with Gasteiger partial charge in [0.15, 0.2) is 0 Å². The zero-order valence-corrected chi connectivity index (χ0v) is 8.53. The molecular formula is C8H13ClN2S. The van der Waals surface area contributed by atoms with Gasteiger partial charge in [0, 0.05) is 10.9 Å². The van der Waals surface area contributed by atoms with E-state index in [1.165, 1.54) is 11.3 Å². The molecule has 0 saturated carbocycles. The van der Waals surface area contributed by atoms with Crippen LogP contribution in [-0.4, -0.2) is 6.54 Å². The molecule has 2 nitrogen and oxygen atoms in total. The van der Waals surface area contributed by atoms with Crippen LogP contribution < -0.4 is 11.5 Å². The minimum atomic E-state index is 0.0208. The highest BCUT2D eigenvalue weighted by Gasteiger charge is 2.14. The Morgan fingerprint density at radius 3 is 2.67 bits per heavy atom. The van der Waals surface area contributed by atoms with E-state index >= 15 is 0 Å². The summed E-state index contributed by atoms with van der Waals surface area (Å²) in [7, 11) is 0.